The second-order valence-electron chi connectivity index (χ2n) is 13.9. The van der Waals surface area contributed by atoms with Gasteiger partial charge in [0.1, 0.15) is 0 Å². The van der Waals surface area contributed by atoms with E-state index in [9.17, 15) is 0 Å². The molecular weight excluding hydrogens is 681 g/mol. The molecule has 264 valence electrons. The number of benzene rings is 8. The molecule has 0 aliphatic carbocycles. The third kappa shape index (κ3) is 6.09. The predicted octanol–water partition coefficient (Wildman–Crippen LogP) is 13.7. The highest BCUT2D eigenvalue weighted by Crippen LogP contribution is 2.40. The van der Waals surface area contributed by atoms with Crippen LogP contribution in [0.3, 0.4) is 0 Å². The summed E-state index contributed by atoms with van der Waals surface area (Å²) >= 11 is 0. The van der Waals surface area contributed by atoms with Crippen molar-refractivity contribution >= 4 is 38.9 Å². The molecule has 0 N–H and O–H groups in total. The van der Waals surface area contributed by atoms with Gasteiger partial charge in [0.2, 0.25) is 0 Å². The van der Waals surface area contributed by atoms with Gasteiger partial charge in [-0.1, -0.05) is 133 Å². The maximum absolute atomic E-state index is 4.76. The van der Waals surface area contributed by atoms with E-state index in [4.69, 9.17) is 9.97 Å². The average Bonchev–Trinajstić information content (AvgIpc) is 3.61. The lowest BCUT2D eigenvalue weighted by Crippen LogP contribution is -2.10. The highest BCUT2D eigenvalue weighted by atomic mass is 15.1. The quantitative estimate of drug-likeness (QED) is 0.157. The van der Waals surface area contributed by atoms with E-state index >= 15 is 0 Å². The average molecular weight is 717 g/mol. The summed E-state index contributed by atoms with van der Waals surface area (Å²) in [6.45, 7) is 0. The summed E-state index contributed by atoms with van der Waals surface area (Å²) < 4.78 is 2.39. The van der Waals surface area contributed by atoms with Gasteiger partial charge in [0, 0.05) is 57.0 Å². The van der Waals surface area contributed by atoms with E-state index in [1.54, 1.807) is 12.4 Å². The normalized spacial score (nSPS) is 11.2. The molecule has 4 heteroatoms. The van der Waals surface area contributed by atoms with Gasteiger partial charge < -0.3 is 9.47 Å². The van der Waals surface area contributed by atoms with Crippen LogP contribution in [0.4, 0.5) is 17.1 Å². The van der Waals surface area contributed by atoms with Crippen LogP contribution in [-0.4, -0.2) is 14.5 Å². The molecule has 10 rings (SSSR count). The Hall–Kier alpha value is -7.56. The number of aromatic nitrogens is 3. The van der Waals surface area contributed by atoms with E-state index in [2.05, 4.69) is 198 Å². The van der Waals surface area contributed by atoms with Crippen molar-refractivity contribution in [2.75, 3.05) is 4.90 Å². The van der Waals surface area contributed by atoms with Crippen LogP contribution in [0.25, 0.3) is 72.3 Å². The molecule has 0 saturated heterocycles. The Morgan fingerprint density at radius 2 is 0.696 bits per heavy atom. The molecule has 2 aromatic heterocycles. The highest BCUT2D eigenvalue weighted by molar-refractivity contribution is 6.11. The minimum Gasteiger partial charge on any atom is -0.311 e. The van der Waals surface area contributed by atoms with Crippen molar-refractivity contribution in [1.82, 2.24) is 14.5 Å². The molecule has 4 nitrogen and oxygen atoms in total. The van der Waals surface area contributed by atoms with Crippen LogP contribution < -0.4 is 4.90 Å². The molecule has 8 aromatic carbocycles. The van der Waals surface area contributed by atoms with Gasteiger partial charge in [-0.25, -0.2) is 0 Å². The maximum atomic E-state index is 4.76. The summed E-state index contributed by atoms with van der Waals surface area (Å²) in [7, 11) is 0. The van der Waals surface area contributed by atoms with Crippen LogP contribution in [0.2, 0.25) is 0 Å². The smallest absolute Gasteiger partial charge is 0.0965 e. The van der Waals surface area contributed by atoms with Crippen LogP contribution >= 0.6 is 0 Å². The second kappa shape index (κ2) is 14.3. The first kappa shape index (κ1) is 33.0. The van der Waals surface area contributed by atoms with E-state index in [1.165, 1.54) is 44.1 Å². The van der Waals surface area contributed by atoms with Crippen molar-refractivity contribution in [2.45, 2.75) is 0 Å². The minimum absolute atomic E-state index is 0.860. The fourth-order valence-electron chi connectivity index (χ4n) is 7.82. The van der Waals surface area contributed by atoms with Gasteiger partial charge in [-0.05, 0) is 95.1 Å². The highest BCUT2D eigenvalue weighted by Gasteiger charge is 2.18. The first-order chi connectivity index (χ1) is 27.8. The topological polar surface area (TPSA) is 34.0 Å². The minimum atomic E-state index is 0.860. The van der Waals surface area contributed by atoms with Crippen LogP contribution in [0.1, 0.15) is 0 Å². The van der Waals surface area contributed by atoms with Crippen LogP contribution in [-0.2, 0) is 0 Å². The fraction of sp³-hybridized carbons (Fsp3) is 0. The summed E-state index contributed by atoms with van der Waals surface area (Å²) in [4.78, 5) is 11.8. The number of hydrogen-bond acceptors (Lipinski definition) is 3. The summed E-state index contributed by atoms with van der Waals surface area (Å²) in [6.07, 6.45) is 3.51. The zero-order chi connectivity index (χ0) is 37.3. The molecule has 0 atom stereocenters. The third-order valence-corrected chi connectivity index (χ3v) is 10.5. The largest absolute Gasteiger partial charge is 0.311 e. The molecule has 0 amide bonds. The molecule has 0 unspecified atom stereocenters. The lowest BCUT2D eigenvalue weighted by molar-refractivity contribution is 1.17. The van der Waals surface area contributed by atoms with E-state index in [-0.39, 0.29) is 0 Å². The van der Waals surface area contributed by atoms with Crippen LogP contribution in [0.15, 0.2) is 219 Å². The molecule has 0 fully saturated rings. The number of fused-ring (bicyclic) bond motifs is 3. The first-order valence-corrected chi connectivity index (χ1v) is 18.9. The van der Waals surface area contributed by atoms with Gasteiger partial charge >= 0.3 is 0 Å². The molecule has 0 spiro atoms. The number of hydrogen-bond donors (Lipinski definition) is 0. The van der Waals surface area contributed by atoms with Gasteiger partial charge in [0.05, 0.1) is 22.4 Å². The monoisotopic (exact) mass is 716 g/mol. The first-order valence-electron chi connectivity index (χ1n) is 18.9. The molecule has 2 heterocycles. The van der Waals surface area contributed by atoms with Crippen molar-refractivity contribution in [3.05, 3.63) is 219 Å². The van der Waals surface area contributed by atoms with E-state index in [0.717, 1.165) is 45.3 Å². The van der Waals surface area contributed by atoms with E-state index < -0.39 is 0 Å². The Morgan fingerprint density at radius 3 is 1.18 bits per heavy atom. The number of nitrogens with zero attached hydrogens (tertiary/aromatic N) is 4. The van der Waals surface area contributed by atoms with Gasteiger partial charge in [0.25, 0.3) is 0 Å². The number of anilines is 3. The molecule has 0 aliphatic heterocycles. The molecule has 0 saturated carbocycles. The molecule has 10 aromatic rings. The Bertz CT molecular complexity index is 2830. The molecule has 56 heavy (non-hydrogen) atoms. The summed E-state index contributed by atoms with van der Waals surface area (Å²) in [5.74, 6) is 0. The Labute approximate surface area is 326 Å². The maximum Gasteiger partial charge on any atom is 0.0965 e. The Morgan fingerprint density at radius 1 is 0.321 bits per heavy atom. The van der Waals surface area contributed by atoms with Crippen molar-refractivity contribution in [1.29, 1.82) is 0 Å². The van der Waals surface area contributed by atoms with E-state index in [0.29, 0.717) is 0 Å². The van der Waals surface area contributed by atoms with Gasteiger partial charge in [-0.3, -0.25) is 9.97 Å². The molecule has 0 radical (unpaired) electrons. The Kier molecular flexibility index (Phi) is 8.47. The van der Waals surface area contributed by atoms with Gasteiger partial charge in [-0.2, -0.15) is 0 Å². The van der Waals surface area contributed by atoms with Crippen molar-refractivity contribution in [3.8, 4) is 50.5 Å². The third-order valence-electron chi connectivity index (χ3n) is 10.5. The second-order valence-corrected chi connectivity index (χ2v) is 13.9. The van der Waals surface area contributed by atoms with Crippen molar-refractivity contribution < 1.29 is 0 Å². The summed E-state index contributed by atoms with van der Waals surface area (Å²) in [5, 5.41) is 2.46. The zero-order valence-corrected chi connectivity index (χ0v) is 30.6. The van der Waals surface area contributed by atoms with E-state index in [1.807, 2.05) is 18.2 Å². The van der Waals surface area contributed by atoms with Crippen LogP contribution in [0.5, 0.6) is 0 Å². The molecular formula is C52H36N4. The Balaban J connectivity index is 1.06. The SMILES string of the molecule is c1ccc(-c2ccc3c(c2)c2cc(-c4ccccc4)ccc2n3-c2ccc(N(c3ccccc3)c3ccc(-c4nccnc4-c4ccccc4)cc3)cc2)cc1. The van der Waals surface area contributed by atoms with Crippen molar-refractivity contribution in [3.63, 3.8) is 0 Å². The van der Waals surface area contributed by atoms with Gasteiger partial charge in [-0.15, -0.1) is 0 Å². The fourth-order valence-corrected chi connectivity index (χ4v) is 7.82. The summed E-state index contributed by atoms with van der Waals surface area (Å²) in [6, 6.07) is 73.3. The van der Waals surface area contributed by atoms with Crippen molar-refractivity contribution in [2.24, 2.45) is 0 Å². The van der Waals surface area contributed by atoms with Gasteiger partial charge in [0.15, 0.2) is 0 Å². The predicted molar refractivity (Wildman–Crippen MR) is 233 cm³/mol. The number of para-hydroxylation sites is 1. The molecule has 0 aliphatic rings. The zero-order valence-electron chi connectivity index (χ0n) is 30.6. The lowest BCUT2D eigenvalue weighted by atomic mass is 10.0. The standard InChI is InChI=1S/C52H36N4/c1-5-13-37(14-6-1)41-23-31-49-47(35-41)48-36-42(38-15-7-2-8-16-38)24-32-50(48)56(49)46-29-27-45(28-30-46)55(43-19-11-4-12-20-43)44-25-21-40(22-26-44)52-51(53-33-34-54-52)39-17-9-3-10-18-39/h1-36H. The summed E-state index contributed by atoms with van der Waals surface area (Å²) in [5.41, 5.74) is 15.3. The lowest BCUT2D eigenvalue weighted by Gasteiger charge is -2.26. The number of rotatable bonds is 8. The van der Waals surface area contributed by atoms with Crippen LogP contribution in [0, 0.1) is 0 Å². The molecule has 0 bridgehead atoms.